The molecule has 0 unspecified atom stereocenters. The van der Waals surface area contributed by atoms with Gasteiger partial charge in [0.05, 0.1) is 18.1 Å². The third kappa shape index (κ3) is 1.81. The van der Waals surface area contributed by atoms with Crippen molar-refractivity contribution in [2.45, 2.75) is 70.9 Å². The molecule has 5 rings (SSSR count). The Hall–Kier alpha value is -1.47. The minimum atomic E-state index is -1.03. The van der Waals surface area contributed by atoms with Gasteiger partial charge in [0, 0.05) is 24.7 Å². The summed E-state index contributed by atoms with van der Waals surface area (Å²) in [6, 6.07) is 0. The molecule has 0 aromatic rings. The second-order valence-corrected chi connectivity index (χ2v) is 10.0. The zero-order valence-electron chi connectivity index (χ0n) is 16.8. The van der Waals surface area contributed by atoms with Crippen LogP contribution in [0.4, 0.5) is 0 Å². The first-order valence-electron chi connectivity index (χ1n) is 10.3. The number of esters is 2. The molecule has 7 nitrogen and oxygen atoms in total. The number of hydrogen-bond acceptors (Lipinski definition) is 7. The smallest absolute Gasteiger partial charge is 0.313 e. The summed E-state index contributed by atoms with van der Waals surface area (Å²) in [6.45, 7) is 7.41. The molecule has 28 heavy (non-hydrogen) atoms. The van der Waals surface area contributed by atoms with Crippen molar-refractivity contribution < 1.29 is 33.7 Å². The van der Waals surface area contributed by atoms with E-state index in [1.54, 1.807) is 6.92 Å². The van der Waals surface area contributed by atoms with Crippen molar-refractivity contribution in [2.24, 2.45) is 34.5 Å². The van der Waals surface area contributed by atoms with Crippen molar-refractivity contribution in [3.05, 3.63) is 0 Å². The number of ketones is 1. The Kier molecular flexibility index (Phi) is 3.55. The van der Waals surface area contributed by atoms with Crippen LogP contribution in [0.2, 0.25) is 0 Å². The van der Waals surface area contributed by atoms with E-state index >= 15 is 0 Å². The van der Waals surface area contributed by atoms with Crippen molar-refractivity contribution in [1.82, 2.24) is 0 Å². The van der Waals surface area contributed by atoms with Gasteiger partial charge in [-0.2, -0.15) is 0 Å². The number of carbonyl (C=O) groups is 3. The molecule has 3 saturated carbocycles. The summed E-state index contributed by atoms with van der Waals surface area (Å²) in [5, 5.41) is 11.5. The lowest BCUT2D eigenvalue weighted by Crippen LogP contribution is -2.72. The molecule has 0 aromatic heterocycles. The maximum Gasteiger partial charge on any atom is 0.313 e. The van der Waals surface area contributed by atoms with Crippen molar-refractivity contribution in [2.75, 3.05) is 6.61 Å². The van der Waals surface area contributed by atoms with Gasteiger partial charge in [-0.3, -0.25) is 14.4 Å². The number of hydrogen-bond donors (Lipinski definition) is 1. The molecule has 2 saturated heterocycles. The predicted octanol–water partition coefficient (Wildman–Crippen LogP) is 1.25. The van der Waals surface area contributed by atoms with Gasteiger partial charge < -0.3 is 19.3 Å². The van der Waals surface area contributed by atoms with Gasteiger partial charge in [0.15, 0.2) is 6.10 Å². The number of rotatable bonds is 1. The van der Waals surface area contributed by atoms with E-state index in [1.807, 2.05) is 6.92 Å². The van der Waals surface area contributed by atoms with Gasteiger partial charge in [-0.05, 0) is 31.6 Å². The number of aliphatic hydroxyl groups is 1. The molecule has 1 spiro atoms. The minimum Gasteiger partial charge on any atom is -0.462 e. The van der Waals surface area contributed by atoms with E-state index in [4.69, 9.17) is 14.2 Å². The Balaban J connectivity index is 1.75. The number of ether oxygens (including phenoxy) is 3. The van der Waals surface area contributed by atoms with Gasteiger partial charge >= 0.3 is 11.9 Å². The zero-order valence-corrected chi connectivity index (χ0v) is 16.8. The van der Waals surface area contributed by atoms with Crippen molar-refractivity contribution >= 4 is 17.7 Å². The molecule has 0 aromatic carbocycles. The van der Waals surface area contributed by atoms with Crippen LogP contribution in [0.15, 0.2) is 0 Å². The van der Waals surface area contributed by atoms with Crippen LogP contribution in [0.5, 0.6) is 0 Å². The van der Waals surface area contributed by atoms with Gasteiger partial charge in [-0.25, -0.2) is 0 Å². The maximum atomic E-state index is 13.3. The molecule has 154 valence electrons. The van der Waals surface area contributed by atoms with E-state index in [-0.39, 0.29) is 24.2 Å². The van der Waals surface area contributed by atoms with Crippen LogP contribution in [0.3, 0.4) is 0 Å². The summed E-state index contributed by atoms with van der Waals surface area (Å²) in [6.07, 6.45) is -0.666. The molecule has 5 fully saturated rings. The predicted molar refractivity (Wildman–Crippen MR) is 94.8 cm³/mol. The lowest BCUT2D eigenvalue weighted by molar-refractivity contribution is -0.232. The summed E-state index contributed by atoms with van der Waals surface area (Å²) >= 11 is 0. The Labute approximate surface area is 164 Å². The molecule has 2 heterocycles. The van der Waals surface area contributed by atoms with E-state index in [0.717, 1.165) is 6.42 Å². The van der Waals surface area contributed by atoms with Gasteiger partial charge in [0.1, 0.15) is 23.4 Å². The summed E-state index contributed by atoms with van der Waals surface area (Å²) in [5.41, 5.74) is -2.70. The molecular weight excluding hydrogens is 364 g/mol. The monoisotopic (exact) mass is 392 g/mol. The van der Waals surface area contributed by atoms with Gasteiger partial charge in [0.2, 0.25) is 0 Å². The molecule has 0 amide bonds. The first-order chi connectivity index (χ1) is 13.1. The number of fused-ring (bicyclic) bond motifs is 2. The highest BCUT2D eigenvalue weighted by Gasteiger charge is 2.84. The fourth-order valence-electron chi connectivity index (χ4n) is 7.87. The topological polar surface area (TPSA) is 99.1 Å². The summed E-state index contributed by atoms with van der Waals surface area (Å²) in [7, 11) is 0. The maximum absolute atomic E-state index is 13.3. The first-order valence-corrected chi connectivity index (χ1v) is 10.3. The molecule has 2 aliphatic heterocycles. The second kappa shape index (κ2) is 5.36. The van der Waals surface area contributed by atoms with Crippen molar-refractivity contribution in [3.63, 3.8) is 0 Å². The van der Waals surface area contributed by atoms with Crippen LogP contribution in [-0.2, 0) is 28.6 Å². The van der Waals surface area contributed by atoms with E-state index in [2.05, 4.69) is 6.92 Å². The second-order valence-electron chi connectivity index (χ2n) is 10.0. The molecular formula is C21H28O7. The Morgan fingerprint density at radius 1 is 1.29 bits per heavy atom. The third-order valence-corrected chi connectivity index (χ3v) is 8.92. The average molecular weight is 392 g/mol. The molecule has 0 radical (unpaired) electrons. The quantitative estimate of drug-likeness (QED) is 0.671. The van der Waals surface area contributed by atoms with Gasteiger partial charge in [-0.15, -0.1) is 0 Å². The van der Waals surface area contributed by atoms with E-state index in [0.29, 0.717) is 12.8 Å². The lowest BCUT2D eigenvalue weighted by Gasteiger charge is -2.63. The highest BCUT2D eigenvalue weighted by atomic mass is 16.6. The van der Waals surface area contributed by atoms with Gasteiger partial charge in [-0.1, -0.05) is 13.8 Å². The lowest BCUT2D eigenvalue weighted by atomic mass is 9.39. The Morgan fingerprint density at radius 2 is 2.00 bits per heavy atom. The van der Waals surface area contributed by atoms with E-state index in [9.17, 15) is 19.5 Å². The Morgan fingerprint density at radius 3 is 2.68 bits per heavy atom. The van der Waals surface area contributed by atoms with Crippen LogP contribution in [0.1, 0.15) is 47.0 Å². The van der Waals surface area contributed by atoms with E-state index < -0.39 is 58.5 Å². The average Bonchev–Trinajstić information content (AvgIpc) is 2.98. The number of Topliss-reactive ketones (excluding diaryl/α,β-unsaturated/α-hetero) is 1. The van der Waals surface area contributed by atoms with Crippen LogP contribution in [0.25, 0.3) is 0 Å². The standard InChI is InChI=1S/C21H28O7/c1-9-5-6-12(23)19(3)11(9)7-13(27-10(2)22)21-8-26-20(4)16(21)18(25)28-17(20)14(24)15(19)21/h9,11,13-17,24H,5-8H2,1-4H3/t9-,11+,13+,14-,15-,16+,17+,19-,20+,21-/m1/s1. The highest BCUT2D eigenvalue weighted by molar-refractivity contribution is 5.88. The molecule has 10 atom stereocenters. The SMILES string of the molecule is CC(=O)O[C@H]1C[C@H]2[C@H](C)CCC(=O)[C@]2(C)[C@H]2[C@@H](O)[C@@H]3OC(=O)[C@H]4[C@]3(C)OC[C@@]124. The van der Waals surface area contributed by atoms with E-state index in [1.165, 1.54) is 6.92 Å². The molecule has 1 N–H and O–H groups in total. The molecule has 5 aliphatic rings. The summed E-state index contributed by atoms with van der Waals surface area (Å²) < 4.78 is 17.5. The normalized spacial score (nSPS) is 56.7. The first kappa shape index (κ1) is 18.6. The third-order valence-electron chi connectivity index (χ3n) is 8.92. The van der Waals surface area contributed by atoms with Crippen LogP contribution in [-0.4, -0.2) is 53.3 Å². The zero-order chi connectivity index (χ0) is 20.2. The number of carbonyl (C=O) groups excluding carboxylic acids is 3. The van der Waals surface area contributed by atoms with Gasteiger partial charge in [0.25, 0.3) is 0 Å². The fraction of sp³-hybridized carbons (Fsp3) is 0.857. The molecule has 7 heteroatoms. The number of aliphatic hydroxyl groups excluding tert-OH is 1. The molecule has 4 bridgehead atoms. The van der Waals surface area contributed by atoms with Crippen LogP contribution < -0.4 is 0 Å². The highest BCUT2D eigenvalue weighted by Crippen LogP contribution is 2.72. The van der Waals surface area contributed by atoms with Crippen LogP contribution in [0, 0.1) is 34.5 Å². The largest absolute Gasteiger partial charge is 0.462 e. The molecule has 3 aliphatic carbocycles. The summed E-state index contributed by atoms with van der Waals surface area (Å²) in [4.78, 5) is 38.2. The summed E-state index contributed by atoms with van der Waals surface area (Å²) in [5.74, 6) is -1.67. The fourth-order valence-corrected chi connectivity index (χ4v) is 7.87. The Bertz CT molecular complexity index is 779. The van der Waals surface area contributed by atoms with Crippen LogP contribution >= 0.6 is 0 Å². The van der Waals surface area contributed by atoms with Crippen molar-refractivity contribution in [1.29, 1.82) is 0 Å². The van der Waals surface area contributed by atoms with Crippen molar-refractivity contribution in [3.8, 4) is 0 Å². The minimum absolute atomic E-state index is 0.0252.